The van der Waals surface area contributed by atoms with Crippen LogP contribution in [-0.2, 0) is 28.7 Å². The van der Waals surface area contributed by atoms with Crippen LogP contribution < -0.4 is 5.01 Å². The Bertz CT molecular complexity index is 1010. The summed E-state index contributed by atoms with van der Waals surface area (Å²) in [4.78, 5) is 52.6. The molecule has 4 rings (SSSR count). The number of esters is 2. The number of amides is 2. The van der Waals surface area contributed by atoms with Crippen molar-refractivity contribution < 1.29 is 28.7 Å². The summed E-state index contributed by atoms with van der Waals surface area (Å²) < 4.78 is 10.2. The van der Waals surface area contributed by atoms with E-state index in [9.17, 15) is 19.2 Å². The Labute approximate surface area is 217 Å². The maximum Gasteiger partial charge on any atom is 0.319 e. The average molecular weight is 517 g/mol. The highest BCUT2D eigenvalue weighted by molar-refractivity contribution is 8.00. The Morgan fingerprint density at radius 3 is 2.44 bits per heavy atom. The number of hydrogen-bond donors (Lipinski definition) is 0. The van der Waals surface area contributed by atoms with Crippen LogP contribution in [0.2, 0.25) is 0 Å². The van der Waals surface area contributed by atoms with E-state index in [-0.39, 0.29) is 48.7 Å². The lowest BCUT2D eigenvalue weighted by Gasteiger charge is -2.35. The molecular weight excluding hydrogens is 480 g/mol. The van der Waals surface area contributed by atoms with Crippen LogP contribution in [0.1, 0.15) is 59.8 Å². The topological polar surface area (TPSA) is 93.2 Å². The van der Waals surface area contributed by atoms with Crippen molar-refractivity contribution >= 4 is 41.2 Å². The molecule has 2 amide bonds. The third-order valence-corrected chi connectivity index (χ3v) is 9.52. The summed E-state index contributed by atoms with van der Waals surface area (Å²) in [5, 5.41) is 2.42. The minimum absolute atomic E-state index is 0.0281. The van der Waals surface area contributed by atoms with Crippen molar-refractivity contribution in [3.8, 4) is 0 Å². The highest BCUT2D eigenvalue weighted by atomic mass is 32.2. The number of nitrogens with zero attached hydrogens (tertiary/aromatic N) is 2. The van der Waals surface area contributed by atoms with Crippen molar-refractivity contribution in [2.45, 2.75) is 71.1 Å². The number of hydrogen-bond acceptors (Lipinski definition) is 7. The largest absolute Gasteiger partial charge is 0.466 e. The molecule has 1 heterocycles. The first kappa shape index (κ1) is 26.5. The smallest absolute Gasteiger partial charge is 0.319 e. The van der Waals surface area contributed by atoms with Crippen LogP contribution in [0, 0.1) is 16.7 Å². The van der Waals surface area contributed by atoms with E-state index in [1.54, 1.807) is 23.9 Å². The van der Waals surface area contributed by atoms with E-state index in [1.165, 1.54) is 11.8 Å². The fourth-order valence-corrected chi connectivity index (χ4v) is 7.53. The van der Waals surface area contributed by atoms with Gasteiger partial charge in [-0.25, -0.2) is 10.0 Å². The molecule has 1 saturated heterocycles. The van der Waals surface area contributed by atoms with E-state index < -0.39 is 16.6 Å². The zero-order chi connectivity index (χ0) is 26.1. The van der Waals surface area contributed by atoms with Gasteiger partial charge >= 0.3 is 11.9 Å². The Balaban J connectivity index is 1.60. The van der Waals surface area contributed by atoms with E-state index in [0.717, 1.165) is 19.3 Å². The van der Waals surface area contributed by atoms with Gasteiger partial charge in [0.2, 0.25) is 5.91 Å². The fraction of sp³-hybridized carbons (Fsp3) is 0.630. The third kappa shape index (κ3) is 4.29. The number of fused-ring (bicyclic) bond motifs is 1. The number of para-hydroxylation sites is 1. The van der Waals surface area contributed by atoms with E-state index in [0.29, 0.717) is 24.0 Å². The molecule has 2 bridgehead atoms. The maximum absolute atomic E-state index is 14.1. The predicted octanol–water partition coefficient (Wildman–Crippen LogP) is 3.98. The number of carbonyl (C=O) groups excluding carboxylic acids is 4. The lowest BCUT2D eigenvalue weighted by Crippen LogP contribution is -2.48. The summed E-state index contributed by atoms with van der Waals surface area (Å²) in [7, 11) is 0. The monoisotopic (exact) mass is 516 g/mol. The van der Waals surface area contributed by atoms with Crippen molar-refractivity contribution in [2.75, 3.05) is 24.0 Å². The van der Waals surface area contributed by atoms with Gasteiger partial charge in [-0.15, -0.1) is 11.8 Å². The van der Waals surface area contributed by atoms with Gasteiger partial charge in [-0.3, -0.25) is 19.2 Å². The van der Waals surface area contributed by atoms with E-state index in [1.807, 2.05) is 30.3 Å². The number of rotatable bonds is 10. The van der Waals surface area contributed by atoms with Gasteiger partial charge in [0.05, 0.1) is 43.2 Å². The first-order chi connectivity index (χ1) is 17.2. The standard InChI is InChI=1S/C27H36N2O6S/c1-5-34-23(31)13-15-36-20(24(32)35-6-2)17-22(30)29-21-16-18-12-14-27(21,26(18,3)4)25(33)28(29)19-10-8-7-9-11-19/h7-11,18,20-21H,5-6,12-17H2,1-4H3/t18-,20+,21-,27+/m1/s1. The molecule has 1 spiro atoms. The summed E-state index contributed by atoms with van der Waals surface area (Å²) in [6.45, 7) is 8.27. The highest BCUT2D eigenvalue weighted by Gasteiger charge is 2.75. The van der Waals surface area contributed by atoms with Gasteiger partial charge in [0.25, 0.3) is 5.91 Å². The van der Waals surface area contributed by atoms with Gasteiger partial charge < -0.3 is 9.47 Å². The van der Waals surface area contributed by atoms with Gasteiger partial charge in [-0.2, -0.15) is 0 Å². The summed E-state index contributed by atoms with van der Waals surface area (Å²) in [5.41, 5.74) is -0.188. The number of anilines is 1. The van der Waals surface area contributed by atoms with Crippen LogP contribution in [0.4, 0.5) is 5.69 Å². The molecule has 4 atom stereocenters. The Kier molecular flexibility index (Phi) is 7.69. The molecule has 1 aliphatic heterocycles. The highest BCUT2D eigenvalue weighted by Crippen LogP contribution is 2.70. The first-order valence-corrected chi connectivity index (χ1v) is 13.9. The number of benzene rings is 1. The van der Waals surface area contributed by atoms with Crippen LogP contribution in [-0.4, -0.2) is 59.0 Å². The van der Waals surface area contributed by atoms with Gasteiger partial charge in [0.1, 0.15) is 5.25 Å². The molecule has 3 fully saturated rings. The second-order valence-electron chi connectivity index (χ2n) is 10.2. The minimum atomic E-state index is -0.775. The van der Waals surface area contributed by atoms with E-state index in [4.69, 9.17) is 9.47 Å². The van der Waals surface area contributed by atoms with Gasteiger partial charge in [-0.1, -0.05) is 32.0 Å². The normalized spacial score (nSPS) is 26.6. The van der Waals surface area contributed by atoms with Crippen LogP contribution in [0.3, 0.4) is 0 Å². The molecule has 3 aliphatic rings. The molecule has 2 saturated carbocycles. The zero-order valence-electron chi connectivity index (χ0n) is 21.5. The quantitative estimate of drug-likeness (QED) is 0.434. The molecule has 36 heavy (non-hydrogen) atoms. The van der Waals surface area contributed by atoms with Crippen molar-refractivity contribution in [2.24, 2.45) is 16.7 Å². The molecule has 1 aromatic carbocycles. The lowest BCUT2D eigenvalue weighted by molar-refractivity contribution is -0.145. The molecule has 1 aromatic rings. The number of hydrazine groups is 1. The predicted molar refractivity (Wildman–Crippen MR) is 137 cm³/mol. The lowest BCUT2D eigenvalue weighted by atomic mass is 9.67. The van der Waals surface area contributed by atoms with Gasteiger partial charge in [0.15, 0.2) is 0 Å². The second-order valence-corrected chi connectivity index (χ2v) is 11.6. The SMILES string of the molecule is CCOC(=O)CCS[C@@H](CC(=O)N1[C@@H]2C[C@H]3CC[C@]2(C(=O)N1c1ccccc1)C3(C)C)C(=O)OCC. The van der Waals surface area contributed by atoms with Crippen LogP contribution in [0.15, 0.2) is 30.3 Å². The van der Waals surface area contributed by atoms with Crippen LogP contribution >= 0.6 is 11.8 Å². The fourth-order valence-electron chi connectivity index (χ4n) is 6.50. The summed E-state index contributed by atoms with van der Waals surface area (Å²) in [6, 6.07) is 9.03. The molecule has 9 heteroatoms. The van der Waals surface area contributed by atoms with Crippen molar-refractivity contribution in [3.05, 3.63) is 30.3 Å². The van der Waals surface area contributed by atoms with Crippen LogP contribution in [0.5, 0.6) is 0 Å². The summed E-state index contributed by atoms with van der Waals surface area (Å²) in [6.07, 6.45) is 2.54. The summed E-state index contributed by atoms with van der Waals surface area (Å²) in [5.74, 6) is -0.428. The van der Waals surface area contributed by atoms with Crippen molar-refractivity contribution in [1.82, 2.24) is 5.01 Å². The molecule has 8 nitrogen and oxygen atoms in total. The van der Waals surface area contributed by atoms with Gasteiger partial charge in [0, 0.05) is 5.75 Å². The molecule has 0 unspecified atom stereocenters. The van der Waals surface area contributed by atoms with Crippen molar-refractivity contribution in [3.63, 3.8) is 0 Å². The maximum atomic E-state index is 14.1. The number of thioether (sulfide) groups is 1. The Hall–Kier alpha value is -2.55. The summed E-state index contributed by atoms with van der Waals surface area (Å²) >= 11 is 1.22. The van der Waals surface area contributed by atoms with Crippen molar-refractivity contribution in [1.29, 1.82) is 0 Å². The van der Waals surface area contributed by atoms with E-state index in [2.05, 4.69) is 13.8 Å². The van der Waals surface area contributed by atoms with E-state index >= 15 is 0 Å². The molecule has 0 N–H and O–H groups in total. The number of ether oxygens (including phenoxy) is 2. The Morgan fingerprint density at radius 1 is 1.11 bits per heavy atom. The first-order valence-electron chi connectivity index (χ1n) is 12.8. The molecule has 196 valence electrons. The average Bonchev–Trinajstić information content (AvgIpc) is 3.37. The second kappa shape index (κ2) is 10.4. The third-order valence-electron chi connectivity index (χ3n) is 8.32. The van der Waals surface area contributed by atoms with Crippen LogP contribution in [0.25, 0.3) is 0 Å². The molecular formula is C27H36N2O6S. The number of carbonyl (C=O) groups is 4. The van der Waals surface area contributed by atoms with Gasteiger partial charge in [-0.05, 0) is 56.6 Å². The molecule has 2 aliphatic carbocycles. The Morgan fingerprint density at radius 2 is 1.81 bits per heavy atom. The molecule has 0 radical (unpaired) electrons. The minimum Gasteiger partial charge on any atom is -0.466 e. The molecule has 0 aromatic heterocycles. The zero-order valence-corrected chi connectivity index (χ0v) is 22.3.